The number of methoxy groups -OCH3 is 1. The van der Waals surface area contributed by atoms with E-state index < -0.39 is 0 Å². The standard InChI is InChI=1S/C14H18ClNO/c1-10-14(2,3)12-9-11(15)5-6-13(12)16(10)7-8-17-4/h5-6,9H,1,7-8H2,2-4H3. The van der Waals surface area contributed by atoms with E-state index in [2.05, 4.69) is 31.4 Å². The Hall–Kier alpha value is -0.990. The van der Waals surface area contributed by atoms with E-state index in [9.17, 15) is 0 Å². The smallest absolute Gasteiger partial charge is 0.0642 e. The van der Waals surface area contributed by atoms with Gasteiger partial charge in [0.05, 0.1) is 6.61 Å². The normalized spacial score (nSPS) is 17.4. The third kappa shape index (κ3) is 1.96. The first kappa shape index (κ1) is 12.5. The van der Waals surface area contributed by atoms with Gasteiger partial charge in [-0.15, -0.1) is 0 Å². The van der Waals surface area contributed by atoms with Gasteiger partial charge < -0.3 is 9.64 Å². The summed E-state index contributed by atoms with van der Waals surface area (Å²) in [5.74, 6) is 0. The number of hydrogen-bond acceptors (Lipinski definition) is 2. The van der Waals surface area contributed by atoms with Crippen LogP contribution < -0.4 is 4.90 Å². The van der Waals surface area contributed by atoms with E-state index in [1.807, 2.05) is 12.1 Å². The lowest BCUT2D eigenvalue weighted by Gasteiger charge is -2.25. The van der Waals surface area contributed by atoms with Crippen molar-refractivity contribution >= 4 is 17.3 Å². The Kier molecular flexibility index (Phi) is 3.19. The average Bonchev–Trinajstić information content (AvgIpc) is 2.47. The number of ether oxygens (including phenoxy) is 1. The van der Waals surface area contributed by atoms with Gasteiger partial charge >= 0.3 is 0 Å². The third-order valence-corrected chi connectivity index (χ3v) is 3.72. The number of rotatable bonds is 3. The highest BCUT2D eigenvalue weighted by molar-refractivity contribution is 6.30. The van der Waals surface area contributed by atoms with Crippen LogP contribution >= 0.6 is 11.6 Å². The van der Waals surface area contributed by atoms with Crippen LogP contribution in [0.3, 0.4) is 0 Å². The largest absolute Gasteiger partial charge is 0.383 e. The summed E-state index contributed by atoms with van der Waals surface area (Å²) in [6.45, 7) is 10.1. The summed E-state index contributed by atoms with van der Waals surface area (Å²) >= 11 is 6.08. The second-order valence-corrected chi connectivity index (χ2v) is 5.31. The van der Waals surface area contributed by atoms with E-state index >= 15 is 0 Å². The van der Waals surface area contributed by atoms with Gasteiger partial charge in [0.1, 0.15) is 0 Å². The molecule has 0 amide bonds. The van der Waals surface area contributed by atoms with Crippen LogP contribution in [0.15, 0.2) is 30.5 Å². The molecule has 0 atom stereocenters. The Morgan fingerprint density at radius 2 is 2.12 bits per heavy atom. The molecule has 17 heavy (non-hydrogen) atoms. The molecule has 92 valence electrons. The summed E-state index contributed by atoms with van der Waals surface area (Å²) in [4.78, 5) is 2.22. The molecule has 1 heterocycles. The minimum absolute atomic E-state index is 0.0615. The molecule has 0 saturated heterocycles. The molecule has 0 aliphatic carbocycles. The molecule has 2 rings (SSSR count). The summed E-state index contributed by atoms with van der Waals surface area (Å²) in [6, 6.07) is 6.02. The number of anilines is 1. The molecule has 0 spiro atoms. The number of hydrogen-bond donors (Lipinski definition) is 0. The van der Waals surface area contributed by atoms with Gasteiger partial charge in [-0.1, -0.05) is 32.0 Å². The van der Waals surface area contributed by atoms with Crippen molar-refractivity contribution < 1.29 is 4.74 Å². The Balaban J connectivity index is 2.44. The second kappa shape index (κ2) is 4.35. The predicted molar refractivity (Wildman–Crippen MR) is 72.8 cm³/mol. The topological polar surface area (TPSA) is 12.5 Å². The maximum atomic E-state index is 6.08. The van der Waals surface area contributed by atoms with E-state index in [4.69, 9.17) is 16.3 Å². The van der Waals surface area contributed by atoms with Crippen molar-refractivity contribution in [3.8, 4) is 0 Å². The molecule has 1 aromatic carbocycles. The third-order valence-electron chi connectivity index (χ3n) is 3.49. The second-order valence-electron chi connectivity index (χ2n) is 4.88. The molecule has 3 heteroatoms. The zero-order chi connectivity index (χ0) is 12.6. The molecule has 1 aliphatic rings. The molecule has 0 fully saturated rings. The molecule has 0 radical (unpaired) electrons. The Morgan fingerprint density at radius 1 is 1.41 bits per heavy atom. The lowest BCUT2D eigenvalue weighted by atomic mass is 9.84. The first-order valence-electron chi connectivity index (χ1n) is 5.74. The van der Waals surface area contributed by atoms with Gasteiger partial charge in [0.25, 0.3) is 0 Å². The minimum Gasteiger partial charge on any atom is -0.383 e. The average molecular weight is 252 g/mol. The maximum Gasteiger partial charge on any atom is 0.0642 e. The van der Waals surface area contributed by atoms with Crippen molar-refractivity contribution in [2.75, 3.05) is 25.2 Å². The van der Waals surface area contributed by atoms with E-state index in [0.29, 0.717) is 6.61 Å². The van der Waals surface area contributed by atoms with Crippen molar-refractivity contribution in [3.63, 3.8) is 0 Å². The van der Waals surface area contributed by atoms with Crippen molar-refractivity contribution in [3.05, 3.63) is 41.1 Å². The fourth-order valence-electron chi connectivity index (χ4n) is 2.32. The molecule has 0 unspecified atom stereocenters. The van der Waals surface area contributed by atoms with Crippen LogP contribution in [0.4, 0.5) is 5.69 Å². The molecule has 0 aromatic heterocycles. The van der Waals surface area contributed by atoms with Gasteiger partial charge in [0.15, 0.2) is 0 Å². The molecule has 2 nitrogen and oxygen atoms in total. The van der Waals surface area contributed by atoms with Gasteiger partial charge in [0.2, 0.25) is 0 Å². The molecule has 0 bridgehead atoms. The summed E-state index contributed by atoms with van der Waals surface area (Å²) in [6.07, 6.45) is 0. The number of halogens is 1. The highest BCUT2D eigenvalue weighted by Gasteiger charge is 2.38. The Morgan fingerprint density at radius 3 is 2.76 bits per heavy atom. The van der Waals surface area contributed by atoms with Gasteiger partial charge in [-0.25, -0.2) is 0 Å². The highest BCUT2D eigenvalue weighted by atomic mass is 35.5. The van der Waals surface area contributed by atoms with E-state index in [0.717, 1.165) is 17.3 Å². The SMILES string of the molecule is C=C1N(CCOC)c2ccc(Cl)cc2C1(C)C. The van der Waals surface area contributed by atoms with Crippen molar-refractivity contribution in [2.45, 2.75) is 19.3 Å². The van der Waals surface area contributed by atoms with E-state index in [1.165, 1.54) is 11.3 Å². The Labute approximate surface area is 108 Å². The first-order chi connectivity index (χ1) is 7.98. The maximum absolute atomic E-state index is 6.08. The van der Waals surface area contributed by atoms with Gasteiger partial charge in [-0.2, -0.15) is 0 Å². The zero-order valence-corrected chi connectivity index (χ0v) is 11.3. The monoisotopic (exact) mass is 251 g/mol. The summed E-state index contributed by atoms with van der Waals surface area (Å²) in [5, 5.41) is 0.776. The number of allylic oxidation sites excluding steroid dienone is 1. The predicted octanol–water partition coefficient (Wildman–Crippen LogP) is 3.60. The molecule has 1 aromatic rings. The molecular weight excluding hydrogens is 234 g/mol. The van der Waals surface area contributed by atoms with Crippen LogP contribution in [-0.4, -0.2) is 20.3 Å². The van der Waals surface area contributed by atoms with Crippen molar-refractivity contribution in [1.82, 2.24) is 0 Å². The molecule has 0 N–H and O–H groups in total. The molecular formula is C14H18ClNO. The van der Waals surface area contributed by atoms with Crippen molar-refractivity contribution in [2.24, 2.45) is 0 Å². The zero-order valence-electron chi connectivity index (χ0n) is 10.6. The van der Waals surface area contributed by atoms with Crippen LogP contribution in [-0.2, 0) is 10.2 Å². The highest BCUT2D eigenvalue weighted by Crippen LogP contribution is 2.47. The molecule has 1 aliphatic heterocycles. The van der Waals surface area contributed by atoms with Gasteiger partial charge in [-0.3, -0.25) is 0 Å². The van der Waals surface area contributed by atoms with Crippen LogP contribution in [0.5, 0.6) is 0 Å². The molecule has 0 saturated carbocycles. The Bertz CT molecular complexity index is 454. The lowest BCUT2D eigenvalue weighted by Crippen LogP contribution is -2.28. The van der Waals surface area contributed by atoms with Crippen LogP contribution in [0.25, 0.3) is 0 Å². The van der Waals surface area contributed by atoms with Gasteiger partial charge in [-0.05, 0) is 23.8 Å². The number of nitrogens with zero attached hydrogens (tertiary/aromatic N) is 1. The summed E-state index contributed by atoms with van der Waals surface area (Å²) in [7, 11) is 1.72. The van der Waals surface area contributed by atoms with E-state index in [1.54, 1.807) is 7.11 Å². The first-order valence-corrected chi connectivity index (χ1v) is 6.12. The van der Waals surface area contributed by atoms with E-state index in [-0.39, 0.29) is 5.41 Å². The van der Waals surface area contributed by atoms with Gasteiger partial charge in [0, 0.05) is 35.5 Å². The van der Waals surface area contributed by atoms with Crippen LogP contribution in [0.2, 0.25) is 5.02 Å². The number of benzene rings is 1. The lowest BCUT2D eigenvalue weighted by molar-refractivity contribution is 0.206. The van der Waals surface area contributed by atoms with Crippen molar-refractivity contribution in [1.29, 1.82) is 0 Å². The summed E-state index contributed by atoms with van der Waals surface area (Å²) < 4.78 is 5.15. The minimum atomic E-state index is -0.0615. The van der Waals surface area contributed by atoms with Crippen LogP contribution in [0.1, 0.15) is 19.4 Å². The summed E-state index contributed by atoms with van der Waals surface area (Å²) in [5.41, 5.74) is 3.48. The quantitative estimate of drug-likeness (QED) is 0.814. The fourth-order valence-corrected chi connectivity index (χ4v) is 2.49. The fraction of sp³-hybridized carbons (Fsp3) is 0.429. The van der Waals surface area contributed by atoms with Crippen LogP contribution in [0, 0.1) is 0 Å². The number of fused-ring (bicyclic) bond motifs is 1.